The van der Waals surface area contributed by atoms with Gasteiger partial charge in [-0.3, -0.25) is 4.79 Å². The van der Waals surface area contributed by atoms with E-state index in [1.165, 1.54) is 23.3 Å². The second kappa shape index (κ2) is 11.8. The number of hydrogen-bond donors (Lipinski definition) is 2. The highest BCUT2D eigenvalue weighted by molar-refractivity contribution is 5.83. The number of carbonyl (C=O) groups is 1. The number of amides is 1. The van der Waals surface area contributed by atoms with E-state index in [1.807, 2.05) is 12.1 Å². The van der Waals surface area contributed by atoms with E-state index < -0.39 is 12.1 Å². The summed E-state index contributed by atoms with van der Waals surface area (Å²) in [6.07, 6.45) is 3.22. The second-order valence-corrected chi connectivity index (χ2v) is 8.75. The van der Waals surface area contributed by atoms with E-state index in [4.69, 9.17) is 0 Å². The predicted molar refractivity (Wildman–Crippen MR) is 131 cm³/mol. The number of nitrogens with one attached hydrogen (secondary N) is 1. The summed E-state index contributed by atoms with van der Waals surface area (Å²) in [5, 5.41) is 13.2. The summed E-state index contributed by atoms with van der Waals surface area (Å²) in [7, 11) is 0. The quantitative estimate of drug-likeness (QED) is 0.338. The van der Waals surface area contributed by atoms with Crippen LogP contribution in [0.3, 0.4) is 0 Å². The maximum absolute atomic E-state index is 13.2. The molecule has 2 unspecified atom stereocenters. The van der Waals surface area contributed by atoms with Crippen molar-refractivity contribution < 1.29 is 14.3 Å². The van der Waals surface area contributed by atoms with Crippen molar-refractivity contribution in [2.75, 3.05) is 0 Å². The maximum Gasteiger partial charge on any atom is 0.229 e. The lowest BCUT2D eigenvalue weighted by atomic mass is 9.68. The summed E-state index contributed by atoms with van der Waals surface area (Å²) in [5.74, 6) is -1.06. The summed E-state index contributed by atoms with van der Waals surface area (Å²) in [5.41, 5.74) is 3.14. The third-order valence-corrected chi connectivity index (χ3v) is 6.48. The van der Waals surface area contributed by atoms with Crippen molar-refractivity contribution in [2.45, 2.75) is 63.5 Å². The highest BCUT2D eigenvalue weighted by atomic mass is 19.1. The molecule has 3 rings (SSSR count). The highest BCUT2D eigenvalue weighted by Crippen LogP contribution is 2.41. The van der Waals surface area contributed by atoms with Crippen LogP contribution in [0.4, 0.5) is 4.39 Å². The van der Waals surface area contributed by atoms with Crippen LogP contribution in [0.2, 0.25) is 0 Å². The minimum atomic E-state index is -0.925. The first-order valence-electron chi connectivity index (χ1n) is 11.8. The molecule has 174 valence electrons. The molecule has 0 bridgehead atoms. The highest BCUT2D eigenvalue weighted by Gasteiger charge is 2.33. The van der Waals surface area contributed by atoms with Crippen LogP contribution in [-0.4, -0.2) is 17.2 Å². The summed E-state index contributed by atoms with van der Waals surface area (Å²) in [6.45, 7) is 3.96. The lowest BCUT2D eigenvalue weighted by Gasteiger charge is -2.36. The zero-order valence-corrected chi connectivity index (χ0v) is 19.5. The van der Waals surface area contributed by atoms with Crippen molar-refractivity contribution in [3.63, 3.8) is 0 Å². The Kier molecular flexibility index (Phi) is 8.79. The molecule has 0 heterocycles. The molecule has 0 spiro atoms. The monoisotopic (exact) mass is 447 g/mol. The van der Waals surface area contributed by atoms with Crippen molar-refractivity contribution in [1.82, 2.24) is 5.32 Å². The van der Waals surface area contributed by atoms with Crippen molar-refractivity contribution >= 4 is 5.91 Å². The van der Waals surface area contributed by atoms with Gasteiger partial charge in [-0.05, 0) is 61.4 Å². The molecule has 33 heavy (non-hydrogen) atoms. The fourth-order valence-electron chi connectivity index (χ4n) is 4.67. The molecule has 3 nitrogen and oxygen atoms in total. The topological polar surface area (TPSA) is 49.3 Å². The Morgan fingerprint density at radius 3 is 1.97 bits per heavy atom. The normalized spacial score (nSPS) is 13.3. The predicted octanol–water partition coefficient (Wildman–Crippen LogP) is 6.32. The molecule has 0 aliphatic heterocycles. The molecule has 0 aliphatic carbocycles. The van der Waals surface area contributed by atoms with Crippen LogP contribution in [0.1, 0.15) is 68.6 Å². The first-order chi connectivity index (χ1) is 16.0. The number of aliphatic hydroxyl groups excluding tert-OH is 1. The lowest BCUT2D eigenvalue weighted by molar-refractivity contribution is -0.125. The van der Waals surface area contributed by atoms with E-state index in [9.17, 15) is 14.3 Å². The van der Waals surface area contributed by atoms with Gasteiger partial charge in [0.25, 0.3) is 0 Å². The molecule has 0 saturated heterocycles. The van der Waals surface area contributed by atoms with Gasteiger partial charge in [0, 0.05) is 5.41 Å². The van der Waals surface area contributed by atoms with E-state index in [0.29, 0.717) is 6.42 Å². The summed E-state index contributed by atoms with van der Waals surface area (Å²) < 4.78 is 13.2. The minimum Gasteiger partial charge on any atom is -0.374 e. The molecule has 3 aromatic carbocycles. The Labute approximate surface area is 196 Å². The van der Waals surface area contributed by atoms with Gasteiger partial charge in [-0.25, -0.2) is 4.39 Å². The molecule has 0 fully saturated rings. The molecular formula is C29H34FNO2. The number of hydrogen-bond acceptors (Lipinski definition) is 2. The molecule has 3 aromatic rings. The molecule has 0 saturated carbocycles. The van der Waals surface area contributed by atoms with Gasteiger partial charge in [0.1, 0.15) is 12.0 Å². The average Bonchev–Trinajstić information content (AvgIpc) is 2.84. The van der Waals surface area contributed by atoms with Crippen LogP contribution < -0.4 is 5.32 Å². The largest absolute Gasteiger partial charge is 0.374 e. The number of benzene rings is 3. The van der Waals surface area contributed by atoms with Gasteiger partial charge in [-0.15, -0.1) is 0 Å². The van der Waals surface area contributed by atoms with Gasteiger partial charge >= 0.3 is 0 Å². The van der Waals surface area contributed by atoms with Crippen molar-refractivity contribution in [2.24, 2.45) is 0 Å². The molecule has 1 amide bonds. The van der Waals surface area contributed by atoms with Crippen LogP contribution in [0.5, 0.6) is 0 Å². The van der Waals surface area contributed by atoms with Crippen LogP contribution in [-0.2, 0) is 10.2 Å². The van der Waals surface area contributed by atoms with E-state index in [2.05, 4.69) is 60.8 Å². The van der Waals surface area contributed by atoms with E-state index in [1.54, 1.807) is 19.1 Å². The third-order valence-electron chi connectivity index (χ3n) is 6.48. The first-order valence-corrected chi connectivity index (χ1v) is 11.8. The summed E-state index contributed by atoms with van der Waals surface area (Å²) >= 11 is 0. The Morgan fingerprint density at radius 1 is 0.909 bits per heavy atom. The Bertz CT molecular complexity index is 950. The Hall–Kier alpha value is -2.98. The van der Waals surface area contributed by atoms with Gasteiger partial charge in [-0.1, -0.05) is 86.1 Å². The smallest absolute Gasteiger partial charge is 0.229 e. The molecule has 0 aromatic heterocycles. The molecule has 2 atom stereocenters. The van der Waals surface area contributed by atoms with Crippen LogP contribution in [0.15, 0.2) is 84.9 Å². The van der Waals surface area contributed by atoms with E-state index in [-0.39, 0.29) is 17.1 Å². The van der Waals surface area contributed by atoms with Crippen LogP contribution >= 0.6 is 0 Å². The van der Waals surface area contributed by atoms with Crippen molar-refractivity contribution in [3.05, 3.63) is 107 Å². The first kappa shape index (κ1) is 24.7. The van der Waals surface area contributed by atoms with E-state index >= 15 is 0 Å². The Morgan fingerprint density at radius 2 is 1.45 bits per heavy atom. The van der Waals surface area contributed by atoms with Gasteiger partial charge in [0.2, 0.25) is 5.91 Å². The minimum absolute atomic E-state index is 0.137. The third kappa shape index (κ3) is 6.29. The SMILES string of the molecule is CCCC(CCCC(O)NC(=O)C(C)c1ccc(F)cc1)(c1ccccc1)c1ccccc1. The van der Waals surface area contributed by atoms with Gasteiger partial charge in [0.15, 0.2) is 0 Å². The number of rotatable bonds is 11. The van der Waals surface area contributed by atoms with Crippen LogP contribution in [0.25, 0.3) is 0 Å². The molecule has 4 heteroatoms. The number of halogens is 1. The van der Waals surface area contributed by atoms with Gasteiger partial charge in [-0.2, -0.15) is 0 Å². The summed E-state index contributed by atoms with van der Waals surface area (Å²) in [4.78, 5) is 12.6. The molecule has 0 aliphatic rings. The number of aliphatic hydroxyl groups is 1. The standard InChI is InChI=1S/C29H34FNO2/c1-3-20-29(24-11-6-4-7-12-24,25-13-8-5-9-14-25)21-10-15-27(32)31-28(33)22(2)23-16-18-26(30)19-17-23/h4-9,11-14,16-19,22,27,32H,3,10,15,20-21H2,1-2H3,(H,31,33). The van der Waals surface area contributed by atoms with Gasteiger partial charge < -0.3 is 10.4 Å². The second-order valence-electron chi connectivity index (χ2n) is 8.75. The van der Waals surface area contributed by atoms with Crippen LogP contribution in [0, 0.1) is 5.82 Å². The van der Waals surface area contributed by atoms with Crippen molar-refractivity contribution in [1.29, 1.82) is 0 Å². The molecule has 0 radical (unpaired) electrons. The fourth-order valence-corrected chi connectivity index (χ4v) is 4.67. The Balaban J connectivity index is 1.67. The molecular weight excluding hydrogens is 413 g/mol. The average molecular weight is 448 g/mol. The lowest BCUT2D eigenvalue weighted by Crippen LogP contribution is -2.37. The fraction of sp³-hybridized carbons (Fsp3) is 0.345. The van der Waals surface area contributed by atoms with Crippen molar-refractivity contribution in [3.8, 4) is 0 Å². The maximum atomic E-state index is 13.2. The number of carbonyl (C=O) groups excluding carboxylic acids is 1. The molecule has 2 N–H and O–H groups in total. The van der Waals surface area contributed by atoms with E-state index in [0.717, 1.165) is 31.2 Å². The zero-order chi connectivity index (χ0) is 23.7. The summed E-state index contributed by atoms with van der Waals surface area (Å²) in [6, 6.07) is 27.0. The zero-order valence-electron chi connectivity index (χ0n) is 19.5. The van der Waals surface area contributed by atoms with Gasteiger partial charge in [0.05, 0.1) is 5.92 Å².